The van der Waals surface area contributed by atoms with Gasteiger partial charge in [0.15, 0.2) is 0 Å². The lowest BCUT2D eigenvalue weighted by molar-refractivity contribution is 0.127. The third kappa shape index (κ3) is 4.36. The van der Waals surface area contributed by atoms with Crippen molar-refractivity contribution in [1.82, 2.24) is 24.9 Å². The zero-order valence-electron chi connectivity index (χ0n) is 18.8. The van der Waals surface area contributed by atoms with Crippen molar-refractivity contribution in [3.05, 3.63) is 39.8 Å². The van der Waals surface area contributed by atoms with Crippen LogP contribution in [-0.2, 0) is 13.0 Å². The molecule has 1 saturated carbocycles. The fraction of sp³-hybridized carbons (Fsp3) is 0.652. The Kier molecular flexibility index (Phi) is 6.10. The lowest BCUT2D eigenvalue weighted by Gasteiger charge is -2.37. The van der Waals surface area contributed by atoms with Crippen molar-refractivity contribution in [2.45, 2.75) is 69.7 Å². The number of piperidine rings is 1. The standard InChI is InChI=1S/C23H33N7O2/c1-28-12-10-18-16(15-28)13-21(26-25-18)24-14-17-5-2-3-11-29(17)22-8-9-23(32)30(27-22)19-6-4-7-20(19)31/h8-9,13,17,19-20,31H,2-7,10-12,14-15H2,1H3,(H,24,26). The first-order valence-electron chi connectivity index (χ1n) is 11.9. The van der Waals surface area contributed by atoms with Crippen molar-refractivity contribution >= 4 is 11.6 Å². The van der Waals surface area contributed by atoms with Crippen molar-refractivity contribution in [2.75, 3.05) is 36.9 Å². The predicted molar refractivity (Wildman–Crippen MR) is 123 cm³/mol. The Morgan fingerprint density at radius 3 is 2.88 bits per heavy atom. The summed E-state index contributed by atoms with van der Waals surface area (Å²) in [6.07, 6.45) is 6.26. The monoisotopic (exact) mass is 439 g/mol. The zero-order chi connectivity index (χ0) is 22.1. The highest BCUT2D eigenvalue weighted by Crippen LogP contribution is 2.29. The molecule has 2 aromatic heterocycles. The summed E-state index contributed by atoms with van der Waals surface area (Å²) in [5, 5.41) is 27.3. The minimum absolute atomic E-state index is 0.138. The molecule has 2 aromatic rings. The topological polar surface area (TPSA) is 99.4 Å². The lowest BCUT2D eigenvalue weighted by Crippen LogP contribution is -2.45. The van der Waals surface area contributed by atoms with Crippen LogP contribution in [0.2, 0.25) is 0 Å². The van der Waals surface area contributed by atoms with E-state index in [4.69, 9.17) is 5.10 Å². The van der Waals surface area contributed by atoms with Gasteiger partial charge in [-0.05, 0) is 63.3 Å². The molecule has 32 heavy (non-hydrogen) atoms. The summed E-state index contributed by atoms with van der Waals surface area (Å²) in [5.74, 6) is 1.63. The summed E-state index contributed by atoms with van der Waals surface area (Å²) in [5.41, 5.74) is 2.22. The van der Waals surface area contributed by atoms with Crippen LogP contribution in [0.4, 0.5) is 11.6 Å². The third-order valence-electron chi connectivity index (χ3n) is 7.14. The highest BCUT2D eigenvalue weighted by atomic mass is 16.3. The average molecular weight is 440 g/mol. The number of fused-ring (bicyclic) bond motifs is 1. The van der Waals surface area contributed by atoms with Crippen LogP contribution < -0.4 is 15.8 Å². The Morgan fingerprint density at radius 1 is 1.12 bits per heavy atom. The minimum atomic E-state index is -0.490. The summed E-state index contributed by atoms with van der Waals surface area (Å²) in [7, 11) is 2.13. The second-order valence-corrected chi connectivity index (χ2v) is 9.45. The predicted octanol–water partition coefficient (Wildman–Crippen LogP) is 1.58. The van der Waals surface area contributed by atoms with Crippen LogP contribution in [0.1, 0.15) is 55.8 Å². The van der Waals surface area contributed by atoms with Crippen molar-refractivity contribution in [3.8, 4) is 0 Å². The van der Waals surface area contributed by atoms with Gasteiger partial charge < -0.3 is 20.2 Å². The molecule has 4 heterocycles. The molecule has 9 heteroatoms. The molecular formula is C23H33N7O2. The van der Waals surface area contributed by atoms with Gasteiger partial charge >= 0.3 is 0 Å². The fourth-order valence-corrected chi connectivity index (χ4v) is 5.31. The van der Waals surface area contributed by atoms with Crippen LogP contribution in [0.5, 0.6) is 0 Å². The SMILES string of the molecule is CN1CCc2nnc(NCC3CCCCN3c3ccc(=O)n(C4CCCC4O)n3)cc2C1. The van der Waals surface area contributed by atoms with E-state index in [1.807, 2.05) is 6.07 Å². The molecule has 172 valence electrons. The van der Waals surface area contributed by atoms with Gasteiger partial charge in [-0.2, -0.15) is 10.2 Å². The van der Waals surface area contributed by atoms with E-state index in [0.717, 1.165) is 82.0 Å². The Balaban J connectivity index is 1.32. The molecule has 3 unspecified atom stereocenters. The summed E-state index contributed by atoms with van der Waals surface area (Å²) in [6, 6.07) is 5.60. The second kappa shape index (κ2) is 9.15. The first-order valence-corrected chi connectivity index (χ1v) is 11.9. The number of nitrogens with one attached hydrogen (secondary N) is 1. The number of aromatic nitrogens is 4. The molecule has 0 bridgehead atoms. The number of aliphatic hydroxyl groups excluding tert-OH is 1. The quantitative estimate of drug-likeness (QED) is 0.725. The third-order valence-corrected chi connectivity index (χ3v) is 7.14. The van der Waals surface area contributed by atoms with E-state index >= 15 is 0 Å². The van der Waals surface area contributed by atoms with Crippen LogP contribution in [-0.4, -0.2) is 68.8 Å². The zero-order valence-corrected chi connectivity index (χ0v) is 18.8. The largest absolute Gasteiger partial charge is 0.391 e. The van der Waals surface area contributed by atoms with Gasteiger partial charge in [0.25, 0.3) is 5.56 Å². The van der Waals surface area contributed by atoms with Gasteiger partial charge in [-0.1, -0.05) is 0 Å². The second-order valence-electron chi connectivity index (χ2n) is 9.45. The van der Waals surface area contributed by atoms with E-state index in [9.17, 15) is 9.90 Å². The highest BCUT2D eigenvalue weighted by molar-refractivity contribution is 5.42. The number of anilines is 2. The summed E-state index contributed by atoms with van der Waals surface area (Å²) in [4.78, 5) is 17.1. The van der Waals surface area contributed by atoms with Crippen LogP contribution in [0.3, 0.4) is 0 Å². The van der Waals surface area contributed by atoms with Gasteiger partial charge in [0.2, 0.25) is 0 Å². The van der Waals surface area contributed by atoms with Crippen molar-refractivity contribution in [3.63, 3.8) is 0 Å². The van der Waals surface area contributed by atoms with E-state index in [0.29, 0.717) is 0 Å². The van der Waals surface area contributed by atoms with E-state index < -0.39 is 6.10 Å². The fourth-order valence-electron chi connectivity index (χ4n) is 5.31. The van der Waals surface area contributed by atoms with Crippen molar-refractivity contribution < 1.29 is 5.11 Å². The molecule has 0 amide bonds. The molecule has 1 aliphatic carbocycles. The molecule has 0 aromatic carbocycles. The number of nitrogens with zero attached hydrogens (tertiary/aromatic N) is 6. The maximum Gasteiger partial charge on any atom is 0.267 e. The highest BCUT2D eigenvalue weighted by Gasteiger charge is 2.30. The van der Waals surface area contributed by atoms with E-state index in [1.165, 1.54) is 16.7 Å². The first kappa shape index (κ1) is 21.3. The van der Waals surface area contributed by atoms with Crippen LogP contribution in [0.25, 0.3) is 0 Å². The lowest BCUT2D eigenvalue weighted by atomic mass is 10.0. The normalized spacial score (nSPS) is 26.2. The Bertz CT molecular complexity index is 1010. The Hall–Kier alpha value is -2.52. The molecular weight excluding hydrogens is 406 g/mol. The van der Waals surface area contributed by atoms with E-state index in [2.05, 4.69) is 38.4 Å². The van der Waals surface area contributed by atoms with Crippen molar-refractivity contribution in [1.29, 1.82) is 0 Å². The molecule has 1 saturated heterocycles. The van der Waals surface area contributed by atoms with Crippen LogP contribution in [0, 0.1) is 0 Å². The average Bonchev–Trinajstić information content (AvgIpc) is 3.23. The van der Waals surface area contributed by atoms with Gasteiger partial charge in [-0.15, -0.1) is 5.10 Å². The van der Waals surface area contributed by atoms with E-state index in [1.54, 1.807) is 6.07 Å². The molecule has 3 aliphatic rings. The van der Waals surface area contributed by atoms with Gasteiger partial charge in [0, 0.05) is 44.7 Å². The number of likely N-dealkylation sites (N-methyl/N-ethyl adjacent to an activating group) is 1. The molecule has 9 nitrogen and oxygen atoms in total. The summed E-state index contributed by atoms with van der Waals surface area (Å²) in [6.45, 7) is 3.59. The van der Waals surface area contributed by atoms with E-state index in [-0.39, 0.29) is 17.6 Å². The Labute approximate surface area is 188 Å². The smallest absolute Gasteiger partial charge is 0.267 e. The Morgan fingerprint density at radius 2 is 2.03 bits per heavy atom. The molecule has 0 spiro atoms. The maximum absolute atomic E-state index is 12.5. The van der Waals surface area contributed by atoms with Gasteiger partial charge in [-0.25, -0.2) is 4.68 Å². The van der Waals surface area contributed by atoms with Gasteiger partial charge in [-0.3, -0.25) is 4.79 Å². The maximum atomic E-state index is 12.5. The van der Waals surface area contributed by atoms with Gasteiger partial charge in [0.05, 0.1) is 17.8 Å². The molecule has 2 fully saturated rings. The summed E-state index contributed by atoms with van der Waals surface area (Å²) < 4.78 is 1.51. The number of aliphatic hydroxyl groups is 1. The molecule has 3 atom stereocenters. The summed E-state index contributed by atoms with van der Waals surface area (Å²) >= 11 is 0. The van der Waals surface area contributed by atoms with Gasteiger partial charge in [0.1, 0.15) is 11.6 Å². The minimum Gasteiger partial charge on any atom is -0.391 e. The molecule has 0 radical (unpaired) electrons. The first-order chi connectivity index (χ1) is 15.6. The molecule has 2 aliphatic heterocycles. The van der Waals surface area contributed by atoms with Crippen LogP contribution >= 0.6 is 0 Å². The number of hydrogen-bond acceptors (Lipinski definition) is 8. The van der Waals surface area contributed by atoms with Crippen molar-refractivity contribution in [2.24, 2.45) is 0 Å². The molecule has 2 N–H and O–H groups in total. The number of rotatable bonds is 5. The number of hydrogen-bond donors (Lipinski definition) is 2. The van der Waals surface area contributed by atoms with Crippen LogP contribution in [0.15, 0.2) is 23.0 Å². The molecule has 5 rings (SSSR count).